The van der Waals surface area contributed by atoms with Gasteiger partial charge in [0.05, 0.1) is 12.2 Å². The minimum absolute atomic E-state index is 0. The highest BCUT2D eigenvalue weighted by Gasteiger charge is 2.11. The summed E-state index contributed by atoms with van der Waals surface area (Å²) in [6, 6.07) is 0. The van der Waals surface area contributed by atoms with Crippen LogP contribution in [0.3, 0.4) is 0 Å². The molecule has 0 bridgehead atoms. The van der Waals surface area contributed by atoms with Crippen molar-refractivity contribution in [2.24, 2.45) is 5.92 Å². The minimum Gasteiger partial charge on any atom is -0.376 e. The quantitative estimate of drug-likeness (QED) is 0.611. The molecule has 0 amide bonds. The highest BCUT2D eigenvalue weighted by molar-refractivity contribution is 4.59. The molecule has 0 aromatic carbocycles. The lowest BCUT2D eigenvalue weighted by Gasteiger charge is -2.21. The van der Waals surface area contributed by atoms with E-state index >= 15 is 0 Å². The molecule has 0 fully saturated rings. The Morgan fingerprint density at radius 2 is 1.55 bits per heavy atom. The van der Waals surface area contributed by atoms with Crippen molar-refractivity contribution in [3.05, 3.63) is 0 Å². The van der Waals surface area contributed by atoms with E-state index in [4.69, 9.17) is 4.74 Å². The third kappa shape index (κ3) is 6.36. The van der Waals surface area contributed by atoms with Gasteiger partial charge in [-0.1, -0.05) is 27.7 Å². The maximum Gasteiger partial charge on any atom is 0.0575 e. The maximum atomic E-state index is 5.60. The predicted octanol–water partition coefficient (Wildman–Crippen LogP) is 3.48. The highest BCUT2D eigenvalue weighted by Crippen LogP contribution is 2.11. The van der Waals surface area contributed by atoms with E-state index in [0.717, 1.165) is 0 Å². The maximum absolute atomic E-state index is 5.60. The molecule has 0 N–H and O–H groups in total. The molecule has 11 heavy (non-hydrogen) atoms. The van der Waals surface area contributed by atoms with Crippen molar-refractivity contribution in [2.75, 3.05) is 0 Å². The van der Waals surface area contributed by atoms with Crippen molar-refractivity contribution in [3.8, 4) is 0 Å². The standard InChI is InChI=1S/C9H20O.CH4/c1-6-8(4)9(5)10-7(2)3;/h7-9H,6H2,1-5H3;1H4. The van der Waals surface area contributed by atoms with Gasteiger partial charge in [-0.05, 0) is 26.7 Å². The van der Waals surface area contributed by atoms with Crippen LogP contribution < -0.4 is 0 Å². The van der Waals surface area contributed by atoms with E-state index < -0.39 is 0 Å². The summed E-state index contributed by atoms with van der Waals surface area (Å²) < 4.78 is 5.60. The largest absolute Gasteiger partial charge is 0.376 e. The van der Waals surface area contributed by atoms with Crippen LogP contribution >= 0.6 is 0 Å². The van der Waals surface area contributed by atoms with Crippen LogP contribution in [0.25, 0.3) is 0 Å². The fraction of sp³-hybridized carbons (Fsp3) is 1.00. The van der Waals surface area contributed by atoms with Crippen LogP contribution in [0.4, 0.5) is 0 Å². The zero-order chi connectivity index (χ0) is 8.15. The Morgan fingerprint density at radius 1 is 1.09 bits per heavy atom. The number of ether oxygens (including phenoxy) is 1. The Hall–Kier alpha value is -0.0400. The molecule has 0 spiro atoms. The summed E-state index contributed by atoms with van der Waals surface area (Å²) in [6.07, 6.45) is 1.97. The summed E-state index contributed by atoms with van der Waals surface area (Å²) in [6.45, 7) is 10.7. The van der Waals surface area contributed by atoms with Gasteiger partial charge >= 0.3 is 0 Å². The smallest absolute Gasteiger partial charge is 0.0575 e. The molecule has 0 saturated heterocycles. The minimum atomic E-state index is 0. The first-order valence-electron chi connectivity index (χ1n) is 4.23. The lowest BCUT2D eigenvalue weighted by Crippen LogP contribution is -2.21. The zero-order valence-corrected chi connectivity index (χ0v) is 7.85. The van der Waals surface area contributed by atoms with Crippen LogP contribution in [0.2, 0.25) is 0 Å². The second-order valence-corrected chi connectivity index (χ2v) is 3.28. The lowest BCUT2D eigenvalue weighted by atomic mass is 10.0. The molecule has 1 nitrogen and oxygen atoms in total. The number of rotatable bonds is 4. The average molecular weight is 160 g/mol. The van der Waals surface area contributed by atoms with E-state index in [1.54, 1.807) is 0 Å². The summed E-state index contributed by atoms with van der Waals surface area (Å²) in [7, 11) is 0. The summed E-state index contributed by atoms with van der Waals surface area (Å²) in [5, 5.41) is 0. The molecule has 0 radical (unpaired) electrons. The van der Waals surface area contributed by atoms with Gasteiger partial charge in [-0.2, -0.15) is 0 Å². The lowest BCUT2D eigenvalue weighted by molar-refractivity contribution is -0.0115. The van der Waals surface area contributed by atoms with Crippen LogP contribution in [0.1, 0.15) is 48.5 Å². The topological polar surface area (TPSA) is 9.23 Å². The van der Waals surface area contributed by atoms with Crippen LogP contribution in [-0.2, 0) is 4.74 Å². The van der Waals surface area contributed by atoms with E-state index in [-0.39, 0.29) is 7.43 Å². The second kappa shape index (κ2) is 6.66. The molecule has 0 heterocycles. The van der Waals surface area contributed by atoms with Gasteiger partial charge < -0.3 is 4.74 Å². The van der Waals surface area contributed by atoms with E-state index in [2.05, 4.69) is 34.6 Å². The van der Waals surface area contributed by atoms with Gasteiger partial charge in [0.2, 0.25) is 0 Å². The molecule has 0 rings (SSSR count). The first-order chi connectivity index (χ1) is 4.57. The first-order valence-corrected chi connectivity index (χ1v) is 4.23. The summed E-state index contributed by atoms with van der Waals surface area (Å²) >= 11 is 0. The third-order valence-corrected chi connectivity index (χ3v) is 1.93. The van der Waals surface area contributed by atoms with E-state index in [0.29, 0.717) is 18.1 Å². The molecule has 0 aliphatic heterocycles. The van der Waals surface area contributed by atoms with Crippen LogP contribution in [0.15, 0.2) is 0 Å². The predicted molar refractivity (Wildman–Crippen MR) is 51.9 cm³/mol. The Balaban J connectivity index is 0. The second-order valence-electron chi connectivity index (χ2n) is 3.28. The molecule has 0 aromatic rings. The fourth-order valence-corrected chi connectivity index (χ4v) is 0.895. The summed E-state index contributed by atoms with van der Waals surface area (Å²) in [5.41, 5.74) is 0. The molecule has 70 valence electrons. The molecule has 1 heteroatoms. The van der Waals surface area contributed by atoms with Gasteiger partial charge in [0.25, 0.3) is 0 Å². The fourth-order valence-electron chi connectivity index (χ4n) is 0.895. The van der Waals surface area contributed by atoms with Gasteiger partial charge in [-0.15, -0.1) is 0 Å². The van der Waals surface area contributed by atoms with Crippen molar-refractivity contribution in [2.45, 2.75) is 60.7 Å². The van der Waals surface area contributed by atoms with Gasteiger partial charge in [-0.25, -0.2) is 0 Å². The summed E-state index contributed by atoms with van der Waals surface area (Å²) in [5.74, 6) is 0.683. The molecule has 2 unspecified atom stereocenters. The average Bonchev–Trinajstić information content (AvgIpc) is 1.85. The SMILES string of the molecule is C.CCC(C)C(C)OC(C)C. The van der Waals surface area contributed by atoms with Gasteiger partial charge in [-0.3, -0.25) is 0 Å². The van der Waals surface area contributed by atoms with Crippen LogP contribution in [0, 0.1) is 5.92 Å². The summed E-state index contributed by atoms with van der Waals surface area (Å²) in [4.78, 5) is 0. The monoisotopic (exact) mass is 160 g/mol. The highest BCUT2D eigenvalue weighted by atomic mass is 16.5. The molecule has 2 atom stereocenters. The first kappa shape index (κ1) is 13.5. The van der Waals surface area contributed by atoms with Gasteiger partial charge in [0, 0.05) is 0 Å². The third-order valence-electron chi connectivity index (χ3n) is 1.93. The van der Waals surface area contributed by atoms with E-state index in [1.165, 1.54) is 6.42 Å². The Morgan fingerprint density at radius 3 is 1.82 bits per heavy atom. The molecule has 0 aliphatic rings. The molecular weight excluding hydrogens is 136 g/mol. The Bertz CT molecular complexity index is 78.9. The molecule has 0 aliphatic carbocycles. The van der Waals surface area contributed by atoms with Crippen LogP contribution in [0.5, 0.6) is 0 Å². The molecular formula is C10H24O. The van der Waals surface area contributed by atoms with Crippen molar-refractivity contribution < 1.29 is 4.74 Å². The van der Waals surface area contributed by atoms with Crippen molar-refractivity contribution in [3.63, 3.8) is 0 Å². The number of hydrogen-bond acceptors (Lipinski definition) is 1. The van der Waals surface area contributed by atoms with E-state index in [1.807, 2.05) is 0 Å². The van der Waals surface area contributed by atoms with Crippen molar-refractivity contribution in [1.82, 2.24) is 0 Å². The van der Waals surface area contributed by atoms with Crippen molar-refractivity contribution in [1.29, 1.82) is 0 Å². The zero-order valence-electron chi connectivity index (χ0n) is 7.85. The Kier molecular flexibility index (Phi) is 8.20. The van der Waals surface area contributed by atoms with E-state index in [9.17, 15) is 0 Å². The number of hydrogen-bond donors (Lipinski definition) is 0. The van der Waals surface area contributed by atoms with Crippen molar-refractivity contribution >= 4 is 0 Å². The molecule has 0 aromatic heterocycles. The van der Waals surface area contributed by atoms with Gasteiger partial charge in [0.1, 0.15) is 0 Å². The normalized spacial score (nSPS) is 15.8. The Labute approximate surface area is 72.1 Å². The van der Waals surface area contributed by atoms with Gasteiger partial charge in [0.15, 0.2) is 0 Å². The molecule has 0 saturated carbocycles. The van der Waals surface area contributed by atoms with Crippen LogP contribution in [-0.4, -0.2) is 12.2 Å².